The van der Waals surface area contributed by atoms with Crippen LogP contribution < -0.4 is 10.6 Å². The van der Waals surface area contributed by atoms with E-state index < -0.39 is 18.6 Å². The van der Waals surface area contributed by atoms with Crippen LogP contribution in [0.5, 0.6) is 0 Å². The van der Waals surface area contributed by atoms with E-state index in [4.69, 9.17) is 10.00 Å². The topological polar surface area (TPSA) is 142 Å². The highest BCUT2D eigenvalue weighted by atomic mass is 16.5. The third-order valence-electron chi connectivity index (χ3n) is 5.83. The van der Waals surface area contributed by atoms with Crippen molar-refractivity contribution in [3.8, 4) is 11.9 Å². The van der Waals surface area contributed by atoms with Gasteiger partial charge < -0.3 is 20.5 Å². The van der Waals surface area contributed by atoms with Crippen molar-refractivity contribution in [2.24, 2.45) is 0 Å². The van der Waals surface area contributed by atoms with E-state index in [0.29, 0.717) is 30.0 Å². The summed E-state index contributed by atoms with van der Waals surface area (Å²) in [5.41, 5.74) is 5.33. The van der Waals surface area contributed by atoms with E-state index in [9.17, 15) is 14.7 Å². The summed E-state index contributed by atoms with van der Waals surface area (Å²) in [6.07, 6.45) is 5.08. The van der Waals surface area contributed by atoms with Crippen LogP contribution in [0.4, 0.5) is 0 Å². The Morgan fingerprint density at radius 2 is 2.18 bits per heavy atom. The van der Waals surface area contributed by atoms with Gasteiger partial charge in [0.1, 0.15) is 19.3 Å². The van der Waals surface area contributed by atoms with Crippen molar-refractivity contribution in [1.29, 1.82) is 5.26 Å². The SMILES string of the molecule is Cc1cc(-n2cc(CNC[C@H](NC(=O)CO)c3ccc4c(c3C)COC4=O)cn2)ncc1C#N. The van der Waals surface area contributed by atoms with Crippen LogP contribution in [0.25, 0.3) is 5.82 Å². The van der Waals surface area contributed by atoms with Gasteiger partial charge in [0.15, 0.2) is 5.82 Å². The van der Waals surface area contributed by atoms with Crippen molar-refractivity contribution >= 4 is 11.9 Å². The lowest BCUT2D eigenvalue weighted by Crippen LogP contribution is -2.37. The molecule has 1 amide bonds. The van der Waals surface area contributed by atoms with Crippen molar-refractivity contribution in [1.82, 2.24) is 25.4 Å². The Hall–Kier alpha value is -4.07. The first kappa shape index (κ1) is 23.1. The van der Waals surface area contributed by atoms with Gasteiger partial charge in [-0.15, -0.1) is 0 Å². The first-order chi connectivity index (χ1) is 16.4. The fourth-order valence-electron chi connectivity index (χ4n) is 3.94. The summed E-state index contributed by atoms with van der Waals surface area (Å²) >= 11 is 0. The number of aliphatic hydroxyl groups excluding tert-OH is 1. The predicted molar refractivity (Wildman–Crippen MR) is 121 cm³/mol. The number of cyclic esters (lactones) is 1. The lowest BCUT2D eigenvalue weighted by atomic mass is 9.94. The molecule has 1 aliphatic rings. The Kier molecular flexibility index (Phi) is 6.67. The standard InChI is InChI=1S/C24H24N6O4/c1-14-5-22(27-9-17(14)6-25)30-11-16(8-28-30)7-26-10-21(29-23(32)12-31)18-3-4-19-20(15(18)2)13-34-24(19)33/h3-5,8-9,11,21,26,31H,7,10,12-13H2,1-2H3,(H,29,32)/t21-/m0/s1. The summed E-state index contributed by atoms with van der Waals surface area (Å²) in [6.45, 7) is 4.20. The molecule has 34 heavy (non-hydrogen) atoms. The maximum absolute atomic E-state index is 12.0. The number of carbonyl (C=O) groups is 2. The highest BCUT2D eigenvalue weighted by molar-refractivity contribution is 5.94. The average Bonchev–Trinajstić information content (AvgIpc) is 3.46. The Morgan fingerprint density at radius 3 is 2.91 bits per heavy atom. The van der Waals surface area contributed by atoms with Crippen LogP contribution in [0.1, 0.15) is 49.8 Å². The highest BCUT2D eigenvalue weighted by Crippen LogP contribution is 2.29. The monoisotopic (exact) mass is 460 g/mol. The minimum absolute atomic E-state index is 0.212. The zero-order valence-corrected chi connectivity index (χ0v) is 18.8. The lowest BCUT2D eigenvalue weighted by Gasteiger charge is -2.22. The number of aliphatic hydroxyl groups is 1. The number of esters is 1. The molecule has 0 saturated carbocycles. The zero-order chi connectivity index (χ0) is 24.2. The highest BCUT2D eigenvalue weighted by Gasteiger charge is 2.26. The zero-order valence-electron chi connectivity index (χ0n) is 18.8. The number of nitriles is 1. The first-order valence-corrected chi connectivity index (χ1v) is 10.7. The number of nitrogens with zero attached hydrogens (tertiary/aromatic N) is 4. The lowest BCUT2D eigenvalue weighted by molar-refractivity contribution is -0.124. The summed E-state index contributed by atoms with van der Waals surface area (Å²) in [6, 6.07) is 7.00. The van der Waals surface area contributed by atoms with Crippen LogP contribution in [0.3, 0.4) is 0 Å². The van der Waals surface area contributed by atoms with E-state index in [1.165, 1.54) is 6.20 Å². The molecule has 1 aromatic carbocycles. The van der Waals surface area contributed by atoms with Gasteiger partial charge in [-0.25, -0.2) is 14.5 Å². The van der Waals surface area contributed by atoms with Crippen LogP contribution in [-0.2, 0) is 22.7 Å². The summed E-state index contributed by atoms with van der Waals surface area (Å²) < 4.78 is 6.76. The molecule has 10 heteroatoms. The molecule has 0 unspecified atom stereocenters. The van der Waals surface area contributed by atoms with E-state index in [1.54, 1.807) is 23.0 Å². The Balaban J connectivity index is 1.46. The number of hydrogen-bond acceptors (Lipinski definition) is 8. The number of fused-ring (bicyclic) bond motifs is 1. The van der Waals surface area contributed by atoms with Crippen LogP contribution in [0, 0.1) is 25.2 Å². The molecule has 0 aliphatic carbocycles. The second kappa shape index (κ2) is 9.82. The number of nitrogens with one attached hydrogen (secondary N) is 2. The van der Waals surface area contributed by atoms with Crippen LogP contribution in [-0.4, -0.2) is 44.9 Å². The van der Waals surface area contributed by atoms with Crippen molar-refractivity contribution in [2.45, 2.75) is 33.0 Å². The van der Waals surface area contributed by atoms with Gasteiger partial charge in [-0.1, -0.05) is 6.07 Å². The molecule has 0 spiro atoms. The molecule has 0 fully saturated rings. The van der Waals surface area contributed by atoms with Crippen molar-refractivity contribution in [3.05, 3.63) is 75.7 Å². The smallest absolute Gasteiger partial charge is 0.338 e. The number of benzene rings is 1. The van der Waals surface area contributed by atoms with E-state index in [1.807, 2.05) is 26.1 Å². The van der Waals surface area contributed by atoms with Crippen molar-refractivity contribution in [3.63, 3.8) is 0 Å². The molecule has 4 rings (SSSR count). The first-order valence-electron chi connectivity index (χ1n) is 10.7. The van der Waals surface area contributed by atoms with Crippen LogP contribution >= 0.6 is 0 Å². The number of pyridine rings is 1. The Morgan fingerprint density at radius 1 is 1.35 bits per heavy atom. The van der Waals surface area contributed by atoms with Gasteiger partial charge in [-0.2, -0.15) is 10.4 Å². The second-order valence-electron chi connectivity index (χ2n) is 8.05. The molecule has 0 saturated heterocycles. The minimum Gasteiger partial charge on any atom is -0.457 e. The molecular weight excluding hydrogens is 436 g/mol. The van der Waals surface area contributed by atoms with Crippen molar-refractivity contribution < 1.29 is 19.4 Å². The maximum atomic E-state index is 12.0. The summed E-state index contributed by atoms with van der Waals surface area (Å²) in [5.74, 6) is -0.224. The number of carbonyl (C=O) groups excluding carboxylic acids is 2. The summed E-state index contributed by atoms with van der Waals surface area (Å²) in [7, 11) is 0. The molecule has 1 atom stereocenters. The normalized spacial score (nSPS) is 13.2. The van der Waals surface area contributed by atoms with Gasteiger partial charge in [0.05, 0.1) is 23.4 Å². The fourth-order valence-corrected chi connectivity index (χ4v) is 3.94. The van der Waals surface area contributed by atoms with E-state index in [2.05, 4.69) is 26.8 Å². The number of aryl methyl sites for hydroxylation is 1. The minimum atomic E-state index is -0.619. The molecule has 0 bridgehead atoms. The van der Waals surface area contributed by atoms with E-state index in [0.717, 1.165) is 27.8 Å². The molecular formula is C24H24N6O4. The van der Waals surface area contributed by atoms with Gasteiger partial charge in [0, 0.05) is 36.6 Å². The van der Waals surface area contributed by atoms with Gasteiger partial charge in [0.2, 0.25) is 5.91 Å². The van der Waals surface area contributed by atoms with Crippen LogP contribution in [0.15, 0.2) is 36.8 Å². The summed E-state index contributed by atoms with van der Waals surface area (Å²) in [4.78, 5) is 28.1. The Bertz CT molecular complexity index is 1290. The van der Waals surface area contributed by atoms with Crippen molar-refractivity contribution in [2.75, 3.05) is 13.2 Å². The van der Waals surface area contributed by atoms with E-state index in [-0.39, 0.29) is 12.6 Å². The molecule has 2 aromatic heterocycles. The fraction of sp³-hybridized carbons (Fsp3) is 0.292. The Labute approximate surface area is 196 Å². The molecule has 3 N–H and O–H groups in total. The average molecular weight is 460 g/mol. The molecule has 174 valence electrons. The molecule has 1 aliphatic heterocycles. The summed E-state index contributed by atoms with van der Waals surface area (Å²) in [5, 5.41) is 28.8. The van der Waals surface area contributed by atoms with Gasteiger partial charge in [0.25, 0.3) is 0 Å². The quantitative estimate of drug-likeness (QED) is 0.428. The second-order valence-corrected chi connectivity index (χ2v) is 8.05. The number of hydrogen-bond donors (Lipinski definition) is 3. The number of rotatable bonds is 8. The number of aromatic nitrogens is 3. The largest absolute Gasteiger partial charge is 0.457 e. The third-order valence-corrected chi connectivity index (χ3v) is 5.83. The molecule has 10 nitrogen and oxygen atoms in total. The van der Waals surface area contributed by atoms with E-state index >= 15 is 0 Å². The molecule has 3 aromatic rings. The predicted octanol–water partition coefficient (Wildman–Crippen LogP) is 1.37. The van der Waals surface area contributed by atoms with Gasteiger partial charge in [-0.05, 0) is 42.7 Å². The third kappa shape index (κ3) is 4.66. The number of ether oxygens (including phenoxy) is 1. The van der Waals surface area contributed by atoms with Gasteiger partial charge in [-0.3, -0.25) is 4.79 Å². The van der Waals surface area contributed by atoms with Gasteiger partial charge >= 0.3 is 5.97 Å². The number of amides is 1. The maximum Gasteiger partial charge on any atom is 0.338 e. The molecule has 0 radical (unpaired) electrons. The van der Waals surface area contributed by atoms with Crippen LogP contribution in [0.2, 0.25) is 0 Å². The molecule has 3 heterocycles.